The van der Waals surface area contributed by atoms with Gasteiger partial charge in [0, 0.05) is 12.6 Å². The van der Waals surface area contributed by atoms with E-state index in [0.717, 1.165) is 41.8 Å². The molecule has 1 N–H and O–H groups in total. The minimum atomic E-state index is -3.86. The molecular weight excluding hydrogens is 545 g/mol. The molecule has 4 rings (SSSR count). The first kappa shape index (κ1) is 30.0. The third-order valence-corrected chi connectivity index (χ3v) is 8.33. The van der Waals surface area contributed by atoms with Gasteiger partial charge in [-0.15, -0.1) is 0 Å². The molecule has 0 spiro atoms. The van der Waals surface area contributed by atoms with E-state index in [0.29, 0.717) is 17.9 Å². The van der Waals surface area contributed by atoms with Gasteiger partial charge in [0.25, 0.3) is 0 Å². The van der Waals surface area contributed by atoms with Crippen LogP contribution in [0, 0.1) is 5.82 Å². The number of ether oxygens (including phenoxy) is 1. The summed E-state index contributed by atoms with van der Waals surface area (Å²) in [5.74, 6) is -0.734. The lowest BCUT2D eigenvalue weighted by molar-refractivity contribution is -0.139. The third kappa shape index (κ3) is 8.53. The van der Waals surface area contributed by atoms with Crippen LogP contribution >= 0.6 is 0 Å². The Labute approximate surface area is 241 Å². The van der Waals surface area contributed by atoms with Crippen molar-refractivity contribution in [2.45, 2.75) is 57.8 Å². The Kier molecular flexibility index (Phi) is 9.99. The second-order valence-corrected chi connectivity index (χ2v) is 12.3. The Morgan fingerprint density at radius 1 is 0.951 bits per heavy atom. The molecule has 0 heterocycles. The molecule has 1 fully saturated rings. The largest absolute Gasteiger partial charge is 0.489 e. The molecule has 0 unspecified atom stereocenters. The van der Waals surface area contributed by atoms with E-state index in [1.54, 1.807) is 43.3 Å². The molecule has 10 heteroatoms. The highest BCUT2D eigenvalue weighted by atomic mass is 32.2. The SMILES string of the molecule is C[C@@H](C(=O)NC1CCCC1)N(Cc1ccc(F)cc1)C(=O)CN(c1ccc(OCc2ccccc2)cc1)S(C)(=O)=O. The van der Waals surface area contributed by atoms with Crippen molar-refractivity contribution in [1.29, 1.82) is 0 Å². The number of hydrogen-bond donors (Lipinski definition) is 1. The maximum atomic E-state index is 13.7. The molecule has 218 valence electrons. The van der Waals surface area contributed by atoms with E-state index in [1.165, 1.54) is 17.0 Å². The van der Waals surface area contributed by atoms with Crippen molar-refractivity contribution in [3.8, 4) is 5.75 Å². The quantitative estimate of drug-likeness (QED) is 0.336. The number of benzene rings is 3. The predicted molar refractivity (Wildman–Crippen MR) is 156 cm³/mol. The van der Waals surface area contributed by atoms with Crippen LogP contribution in [0.15, 0.2) is 78.9 Å². The topological polar surface area (TPSA) is 96.0 Å². The van der Waals surface area contributed by atoms with E-state index in [2.05, 4.69) is 5.32 Å². The summed E-state index contributed by atoms with van der Waals surface area (Å²) in [5.41, 5.74) is 1.90. The van der Waals surface area contributed by atoms with Crippen molar-refractivity contribution < 1.29 is 27.1 Å². The highest BCUT2D eigenvalue weighted by molar-refractivity contribution is 7.92. The maximum Gasteiger partial charge on any atom is 0.244 e. The molecule has 0 bridgehead atoms. The molecule has 1 saturated carbocycles. The lowest BCUT2D eigenvalue weighted by Gasteiger charge is -2.32. The van der Waals surface area contributed by atoms with E-state index >= 15 is 0 Å². The highest BCUT2D eigenvalue weighted by Crippen LogP contribution is 2.24. The number of nitrogens with one attached hydrogen (secondary N) is 1. The van der Waals surface area contributed by atoms with Gasteiger partial charge in [-0.1, -0.05) is 55.3 Å². The van der Waals surface area contributed by atoms with Crippen LogP contribution in [0.5, 0.6) is 5.75 Å². The standard InChI is InChI=1S/C31H36FN3O5S/c1-23(31(37)33-27-10-6-7-11-27)34(20-24-12-14-26(32)15-13-24)30(36)21-35(41(2,38)39)28-16-18-29(19-17-28)40-22-25-8-4-3-5-9-25/h3-5,8-9,12-19,23,27H,6-7,10-11,20-22H2,1-2H3,(H,33,37)/t23-/m0/s1. The van der Waals surface area contributed by atoms with Crippen LogP contribution in [0.2, 0.25) is 0 Å². The van der Waals surface area contributed by atoms with Crippen molar-refractivity contribution >= 4 is 27.5 Å². The number of nitrogens with zero attached hydrogens (tertiary/aromatic N) is 2. The first-order valence-electron chi connectivity index (χ1n) is 13.7. The molecule has 0 aromatic heterocycles. The molecule has 1 atom stereocenters. The average Bonchev–Trinajstić information content (AvgIpc) is 3.47. The van der Waals surface area contributed by atoms with Gasteiger partial charge in [-0.3, -0.25) is 13.9 Å². The van der Waals surface area contributed by atoms with Gasteiger partial charge in [0.15, 0.2) is 0 Å². The maximum absolute atomic E-state index is 13.7. The first-order valence-corrected chi connectivity index (χ1v) is 15.5. The predicted octanol–water partition coefficient (Wildman–Crippen LogP) is 4.65. The molecule has 1 aliphatic rings. The summed E-state index contributed by atoms with van der Waals surface area (Å²) in [6, 6.07) is 20.9. The Balaban J connectivity index is 1.51. The number of hydrogen-bond acceptors (Lipinski definition) is 5. The van der Waals surface area contributed by atoms with Gasteiger partial charge in [-0.05, 0) is 67.3 Å². The Hall–Kier alpha value is -3.92. The summed E-state index contributed by atoms with van der Waals surface area (Å²) in [5, 5.41) is 3.02. The second-order valence-electron chi connectivity index (χ2n) is 10.4. The van der Waals surface area contributed by atoms with E-state index in [4.69, 9.17) is 4.74 Å². The Bertz CT molecular complexity index is 1410. The summed E-state index contributed by atoms with van der Waals surface area (Å²) in [7, 11) is -3.86. The summed E-state index contributed by atoms with van der Waals surface area (Å²) in [6.45, 7) is 1.48. The molecule has 0 aliphatic heterocycles. The van der Waals surface area contributed by atoms with Crippen LogP contribution in [-0.2, 0) is 32.8 Å². The van der Waals surface area contributed by atoms with Gasteiger partial charge in [-0.2, -0.15) is 0 Å². The average molecular weight is 582 g/mol. The van der Waals surface area contributed by atoms with Crippen LogP contribution in [-0.4, -0.2) is 50.0 Å². The Morgan fingerprint density at radius 2 is 1.59 bits per heavy atom. The van der Waals surface area contributed by atoms with E-state index in [1.807, 2.05) is 30.3 Å². The van der Waals surface area contributed by atoms with E-state index in [-0.39, 0.29) is 24.2 Å². The summed E-state index contributed by atoms with van der Waals surface area (Å²) >= 11 is 0. The zero-order valence-electron chi connectivity index (χ0n) is 23.3. The molecule has 0 saturated heterocycles. The molecule has 8 nitrogen and oxygen atoms in total. The zero-order chi connectivity index (χ0) is 29.4. The first-order chi connectivity index (χ1) is 19.6. The fraction of sp³-hybridized carbons (Fsp3) is 0.355. The molecule has 3 aromatic rings. The molecule has 2 amide bonds. The normalized spacial score (nSPS) is 14.3. The highest BCUT2D eigenvalue weighted by Gasteiger charge is 2.31. The molecule has 0 radical (unpaired) electrons. The van der Waals surface area contributed by atoms with Crippen LogP contribution < -0.4 is 14.4 Å². The van der Waals surface area contributed by atoms with Crippen molar-refractivity contribution in [3.05, 3.63) is 95.8 Å². The monoisotopic (exact) mass is 581 g/mol. The smallest absolute Gasteiger partial charge is 0.244 e. The van der Waals surface area contributed by atoms with Crippen molar-refractivity contribution in [2.24, 2.45) is 0 Å². The van der Waals surface area contributed by atoms with Crippen LogP contribution in [0.4, 0.5) is 10.1 Å². The van der Waals surface area contributed by atoms with Crippen molar-refractivity contribution in [1.82, 2.24) is 10.2 Å². The number of rotatable bonds is 12. The van der Waals surface area contributed by atoms with Gasteiger partial charge >= 0.3 is 0 Å². The number of carbonyl (C=O) groups excluding carboxylic acids is 2. The van der Waals surface area contributed by atoms with E-state index < -0.39 is 34.3 Å². The van der Waals surface area contributed by atoms with Gasteiger partial charge in [0.1, 0.15) is 30.8 Å². The fourth-order valence-corrected chi connectivity index (χ4v) is 5.67. The second kappa shape index (κ2) is 13.6. The van der Waals surface area contributed by atoms with Gasteiger partial charge in [0.2, 0.25) is 21.8 Å². The number of carbonyl (C=O) groups is 2. The molecule has 3 aromatic carbocycles. The number of anilines is 1. The van der Waals surface area contributed by atoms with Crippen LogP contribution in [0.25, 0.3) is 0 Å². The number of amides is 2. The summed E-state index contributed by atoms with van der Waals surface area (Å²) < 4.78 is 46.0. The molecule has 41 heavy (non-hydrogen) atoms. The van der Waals surface area contributed by atoms with Crippen LogP contribution in [0.3, 0.4) is 0 Å². The third-order valence-electron chi connectivity index (χ3n) is 7.19. The summed E-state index contributed by atoms with van der Waals surface area (Å²) in [6.07, 6.45) is 4.88. The zero-order valence-corrected chi connectivity index (χ0v) is 24.1. The van der Waals surface area contributed by atoms with E-state index in [9.17, 15) is 22.4 Å². The minimum Gasteiger partial charge on any atom is -0.489 e. The van der Waals surface area contributed by atoms with Crippen molar-refractivity contribution in [2.75, 3.05) is 17.1 Å². The fourth-order valence-electron chi connectivity index (χ4n) is 4.82. The molecular formula is C31H36FN3O5S. The summed E-state index contributed by atoms with van der Waals surface area (Å²) in [4.78, 5) is 28.2. The number of sulfonamides is 1. The molecule has 1 aliphatic carbocycles. The van der Waals surface area contributed by atoms with Crippen LogP contribution in [0.1, 0.15) is 43.7 Å². The van der Waals surface area contributed by atoms with Gasteiger partial charge in [-0.25, -0.2) is 12.8 Å². The van der Waals surface area contributed by atoms with Crippen molar-refractivity contribution in [3.63, 3.8) is 0 Å². The minimum absolute atomic E-state index is 0.0161. The van der Waals surface area contributed by atoms with Gasteiger partial charge in [0.05, 0.1) is 11.9 Å². The van der Waals surface area contributed by atoms with Gasteiger partial charge < -0.3 is 15.0 Å². The number of halogens is 1. The lowest BCUT2D eigenvalue weighted by atomic mass is 10.1. The lowest BCUT2D eigenvalue weighted by Crippen LogP contribution is -2.52. The Morgan fingerprint density at radius 3 is 2.20 bits per heavy atom.